The Morgan fingerprint density at radius 2 is 1.91 bits per heavy atom. The van der Waals surface area contributed by atoms with Gasteiger partial charge in [0.25, 0.3) is 12.3 Å². The normalized spacial score (nSPS) is 14.4. The minimum Gasteiger partial charge on any atom is -0.465 e. The monoisotopic (exact) mass is 464 g/mol. The molecule has 5 rings (SSSR count). The van der Waals surface area contributed by atoms with E-state index in [0.717, 1.165) is 29.5 Å². The Hall–Kier alpha value is -3.88. The summed E-state index contributed by atoms with van der Waals surface area (Å²) in [6.07, 6.45) is -0.957. The number of ether oxygens (including phenoxy) is 1. The van der Waals surface area contributed by atoms with Gasteiger partial charge in [-0.1, -0.05) is 41.6 Å². The highest BCUT2D eigenvalue weighted by atomic mass is 19.3. The molecule has 0 aliphatic heterocycles. The van der Waals surface area contributed by atoms with Crippen molar-refractivity contribution < 1.29 is 22.8 Å². The van der Waals surface area contributed by atoms with Gasteiger partial charge in [-0.3, -0.25) is 4.68 Å². The Bertz CT molecular complexity index is 1340. The Morgan fingerprint density at radius 3 is 2.56 bits per heavy atom. The number of rotatable bonds is 7. The van der Waals surface area contributed by atoms with E-state index in [9.17, 15) is 13.6 Å². The van der Waals surface area contributed by atoms with Crippen molar-refractivity contribution in [1.82, 2.24) is 19.9 Å². The van der Waals surface area contributed by atoms with E-state index in [1.165, 1.54) is 17.9 Å². The van der Waals surface area contributed by atoms with Crippen LogP contribution >= 0.6 is 0 Å². The maximum Gasteiger partial charge on any atom is 0.337 e. The van der Waals surface area contributed by atoms with Gasteiger partial charge < -0.3 is 9.26 Å². The van der Waals surface area contributed by atoms with Crippen LogP contribution in [0.15, 0.2) is 59.1 Å². The van der Waals surface area contributed by atoms with Crippen LogP contribution in [0.4, 0.5) is 8.78 Å². The first kappa shape index (κ1) is 21.9. The smallest absolute Gasteiger partial charge is 0.337 e. The third-order valence-corrected chi connectivity index (χ3v) is 6.21. The number of alkyl halides is 2. The summed E-state index contributed by atoms with van der Waals surface area (Å²) >= 11 is 0. The summed E-state index contributed by atoms with van der Waals surface area (Å²) < 4.78 is 38.6. The van der Waals surface area contributed by atoms with Crippen molar-refractivity contribution in [2.45, 2.75) is 38.2 Å². The first-order valence-electron chi connectivity index (χ1n) is 10.8. The van der Waals surface area contributed by atoms with Gasteiger partial charge in [-0.2, -0.15) is 10.1 Å². The maximum absolute atomic E-state index is 13.5. The summed E-state index contributed by atoms with van der Waals surface area (Å²) in [5.41, 5.74) is 3.07. The van der Waals surface area contributed by atoms with Crippen molar-refractivity contribution in [2.24, 2.45) is 0 Å². The van der Waals surface area contributed by atoms with Gasteiger partial charge in [0.05, 0.1) is 24.6 Å². The van der Waals surface area contributed by atoms with Gasteiger partial charge in [0, 0.05) is 0 Å². The SMILES string of the molecule is COC(=O)c1ccc(Cn2nc(C(F)F)cc2-c2nc(C3(c4ccccc4C)CC3)no2)cc1. The lowest BCUT2D eigenvalue weighted by atomic mass is 9.91. The maximum atomic E-state index is 13.5. The molecule has 1 aliphatic carbocycles. The average molecular weight is 464 g/mol. The first-order valence-corrected chi connectivity index (χ1v) is 10.8. The predicted molar refractivity (Wildman–Crippen MR) is 119 cm³/mol. The molecule has 34 heavy (non-hydrogen) atoms. The van der Waals surface area contributed by atoms with Crippen molar-refractivity contribution in [2.75, 3.05) is 7.11 Å². The highest BCUT2D eigenvalue weighted by Gasteiger charge is 2.50. The van der Waals surface area contributed by atoms with Crippen LogP contribution in [0.2, 0.25) is 0 Å². The van der Waals surface area contributed by atoms with Crippen LogP contribution in [-0.4, -0.2) is 33.0 Å². The second-order valence-electron chi connectivity index (χ2n) is 8.42. The van der Waals surface area contributed by atoms with Gasteiger partial charge in [-0.25, -0.2) is 13.6 Å². The second kappa shape index (κ2) is 8.48. The molecule has 0 N–H and O–H groups in total. The number of carbonyl (C=O) groups excluding carboxylic acids is 1. The molecule has 9 heteroatoms. The van der Waals surface area contributed by atoms with E-state index in [4.69, 9.17) is 9.26 Å². The van der Waals surface area contributed by atoms with Crippen LogP contribution in [0, 0.1) is 6.92 Å². The molecule has 7 nitrogen and oxygen atoms in total. The molecule has 4 aromatic rings. The Labute approximate surface area is 194 Å². The summed E-state index contributed by atoms with van der Waals surface area (Å²) in [5.74, 6) is 0.235. The van der Waals surface area contributed by atoms with Crippen molar-refractivity contribution in [3.63, 3.8) is 0 Å². The molecule has 1 fully saturated rings. The third kappa shape index (κ3) is 3.87. The van der Waals surface area contributed by atoms with Crippen molar-refractivity contribution >= 4 is 5.97 Å². The lowest BCUT2D eigenvalue weighted by molar-refractivity contribution is 0.0600. The molecule has 174 valence electrons. The van der Waals surface area contributed by atoms with E-state index in [1.54, 1.807) is 24.3 Å². The van der Waals surface area contributed by atoms with Crippen LogP contribution in [-0.2, 0) is 16.7 Å². The predicted octanol–water partition coefficient (Wildman–Crippen LogP) is 5.09. The molecule has 1 aliphatic rings. The summed E-state index contributed by atoms with van der Waals surface area (Å²) in [5, 5.41) is 8.28. The molecule has 2 aromatic carbocycles. The molecule has 0 unspecified atom stereocenters. The van der Waals surface area contributed by atoms with Crippen molar-refractivity contribution in [3.05, 3.63) is 88.4 Å². The van der Waals surface area contributed by atoms with Crippen molar-refractivity contribution in [1.29, 1.82) is 0 Å². The van der Waals surface area contributed by atoms with E-state index >= 15 is 0 Å². The summed E-state index contributed by atoms with van der Waals surface area (Å²) in [4.78, 5) is 16.3. The zero-order chi connectivity index (χ0) is 23.9. The van der Waals surface area contributed by atoms with Gasteiger partial charge in [-0.15, -0.1) is 0 Å². The lowest BCUT2D eigenvalue weighted by Crippen LogP contribution is -2.12. The summed E-state index contributed by atoms with van der Waals surface area (Å²) in [6, 6.07) is 16.0. The molecule has 0 saturated heterocycles. The third-order valence-electron chi connectivity index (χ3n) is 6.21. The fourth-order valence-corrected chi connectivity index (χ4v) is 4.24. The minimum absolute atomic E-state index is 0.139. The van der Waals surface area contributed by atoms with Crippen LogP contribution in [0.3, 0.4) is 0 Å². The summed E-state index contributed by atoms with van der Waals surface area (Å²) in [6.45, 7) is 2.23. The zero-order valence-corrected chi connectivity index (χ0v) is 18.7. The van der Waals surface area contributed by atoms with Gasteiger partial charge in [-0.05, 0) is 54.7 Å². The number of hydrogen-bond acceptors (Lipinski definition) is 6. The van der Waals surface area contributed by atoms with E-state index in [0.29, 0.717) is 17.1 Å². The van der Waals surface area contributed by atoms with Crippen LogP contribution < -0.4 is 0 Å². The molecular weight excluding hydrogens is 442 g/mol. The quantitative estimate of drug-likeness (QED) is 0.354. The number of aromatic nitrogens is 4. The lowest BCUT2D eigenvalue weighted by Gasteiger charge is -2.13. The van der Waals surface area contributed by atoms with Gasteiger partial charge in [0.15, 0.2) is 5.82 Å². The molecule has 2 heterocycles. The average Bonchev–Trinajstić information content (AvgIpc) is 3.29. The second-order valence-corrected chi connectivity index (χ2v) is 8.42. The fraction of sp³-hybridized carbons (Fsp3) is 0.280. The standard InChI is InChI=1S/C25H22F2N4O3/c1-15-5-3-4-6-18(15)25(11-12-25)24-28-22(34-30-24)20-13-19(21(26)27)29-31(20)14-16-7-9-17(10-8-16)23(32)33-2/h3-10,13,21H,11-12,14H2,1-2H3. The number of carbonyl (C=O) groups is 1. The topological polar surface area (TPSA) is 83.0 Å². The van der Waals surface area contributed by atoms with Gasteiger partial charge in [0.2, 0.25) is 0 Å². The largest absolute Gasteiger partial charge is 0.465 e. The van der Waals surface area contributed by atoms with Crippen molar-refractivity contribution in [3.8, 4) is 11.6 Å². The van der Waals surface area contributed by atoms with Gasteiger partial charge >= 0.3 is 5.97 Å². The number of benzene rings is 2. The summed E-state index contributed by atoms with van der Waals surface area (Å²) in [7, 11) is 1.31. The van der Waals surface area contributed by atoms with Crippen LogP contribution in [0.1, 0.15) is 57.8 Å². The number of halogens is 2. The van der Waals surface area contributed by atoms with Crippen LogP contribution in [0.5, 0.6) is 0 Å². The minimum atomic E-state index is -2.74. The number of esters is 1. The molecule has 0 bridgehead atoms. The Kier molecular flexibility index (Phi) is 5.47. The molecule has 1 saturated carbocycles. The number of methoxy groups -OCH3 is 1. The van der Waals surface area contributed by atoms with Gasteiger partial charge in [0.1, 0.15) is 11.4 Å². The Balaban J connectivity index is 1.47. The molecule has 0 amide bonds. The number of nitrogens with zero attached hydrogens (tertiary/aromatic N) is 4. The Morgan fingerprint density at radius 1 is 1.18 bits per heavy atom. The molecule has 0 atom stereocenters. The molecule has 2 aromatic heterocycles. The number of hydrogen-bond donors (Lipinski definition) is 0. The van der Waals surface area contributed by atoms with Crippen LogP contribution in [0.25, 0.3) is 11.6 Å². The first-order chi connectivity index (χ1) is 16.4. The zero-order valence-electron chi connectivity index (χ0n) is 18.7. The molecule has 0 radical (unpaired) electrons. The molecular formula is C25H22F2N4O3. The fourth-order valence-electron chi connectivity index (χ4n) is 4.24. The van der Waals surface area contributed by atoms with E-state index in [-0.39, 0.29) is 23.5 Å². The van der Waals surface area contributed by atoms with E-state index in [1.807, 2.05) is 25.1 Å². The highest BCUT2D eigenvalue weighted by molar-refractivity contribution is 5.89. The van der Waals surface area contributed by atoms with E-state index in [2.05, 4.69) is 21.3 Å². The number of aryl methyl sites for hydroxylation is 1. The van der Waals surface area contributed by atoms with E-state index < -0.39 is 12.4 Å². The highest BCUT2D eigenvalue weighted by Crippen LogP contribution is 2.53. The molecule has 0 spiro atoms.